The Labute approximate surface area is 127 Å². The molecule has 5 heteroatoms. The summed E-state index contributed by atoms with van der Waals surface area (Å²) in [6.07, 6.45) is 3.28. The fourth-order valence-corrected chi connectivity index (χ4v) is 3.31. The lowest BCUT2D eigenvalue weighted by Crippen LogP contribution is -2.29. The van der Waals surface area contributed by atoms with Crippen LogP contribution >= 0.6 is 15.9 Å². The van der Waals surface area contributed by atoms with Crippen LogP contribution in [0.1, 0.15) is 32.1 Å². The highest BCUT2D eigenvalue weighted by Gasteiger charge is 2.40. The number of halogens is 1. The molecule has 1 saturated heterocycles. The van der Waals surface area contributed by atoms with Crippen molar-refractivity contribution in [3.8, 4) is 11.4 Å². The lowest BCUT2D eigenvalue weighted by molar-refractivity contribution is 0.277. The van der Waals surface area contributed by atoms with Crippen LogP contribution in [0.3, 0.4) is 0 Å². The van der Waals surface area contributed by atoms with Gasteiger partial charge in [0.1, 0.15) is 0 Å². The predicted octanol–water partition coefficient (Wildman–Crippen LogP) is 3.53. The van der Waals surface area contributed by atoms with Crippen LogP contribution in [-0.4, -0.2) is 23.2 Å². The van der Waals surface area contributed by atoms with E-state index in [9.17, 15) is 0 Å². The molecule has 3 rings (SSSR count). The zero-order valence-electron chi connectivity index (χ0n) is 11.5. The van der Waals surface area contributed by atoms with Crippen LogP contribution in [0.5, 0.6) is 0 Å². The Bertz CT molecular complexity index is 590. The minimum atomic E-state index is 0.0199. The van der Waals surface area contributed by atoms with Crippen molar-refractivity contribution in [1.29, 1.82) is 0 Å². The van der Waals surface area contributed by atoms with E-state index in [1.165, 1.54) is 0 Å². The highest BCUT2D eigenvalue weighted by atomic mass is 79.9. The molecule has 0 radical (unpaired) electrons. The lowest BCUT2D eigenvalue weighted by Gasteiger charge is -2.22. The van der Waals surface area contributed by atoms with Crippen molar-refractivity contribution in [3.63, 3.8) is 0 Å². The van der Waals surface area contributed by atoms with Crippen molar-refractivity contribution in [2.24, 2.45) is 0 Å². The molecule has 1 aromatic heterocycles. The standard InChI is InChI=1S/C15H18BrN3O/c1-2-6-15(7-8-17-10-15)14-18-13(19-20-14)11-4-3-5-12(16)9-11/h3-5,9,17H,2,6-8,10H2,1H3. The first-order valence-corrected chi connectivity index (χ1v) is 7.84. The molecule has 0 saturated carbocycles. The maximum Gasteiger partial charge on any atom is 0.234 e. The number of nitrogens with zero attached hydrogens (tertiary/aromatic N) is 2. The third-order valence-corrected chi connectivity index (χ3v) is 4.43. The van der Waals surface area contributed by atoms with Gasteiger partial charge < -0.3 is 9.84 Å². The van der Waals surface area contributed by atoms with Crippen LogP contribution < -0.4 is 5.32 Å². The Kier molecular flexibility index (Phi) is 3.89. The third kappa shape index (κ3) is 2.52. The molecule has 1 aliphatic rings. The molecular formula is C15H18BrN3O. The summed E-state index contributed by atoms with van der Waals surface area (Å²) in [6, 6.07) is 7.98. The molecule has 2 aromatic rings. The number of rotatable bonds is 4. The Morgan fingerprint density at radius 2 is 2.35 bits per heavy atom. The Morgan fingerprint density at radius 1 is 1.45 bits per heavy atom. The largest absolute Gasteiger partial charge is 0.338 e. The topological polar surface area (TPSA) is 51.0 Å². The summed E-state index contributed by atoms with van der Waals surface area (Å²) in [5.74, 6) is 1.45. The summed E-state index contributed by atoms with van der Waals surface area (Å²) >= 11 is 3.47. The van der Waals surface area contributed by atoms with E-state index in [-0.39, 0.29) is 5.41 Å². The maximum atomic E-state index is 5.58. The molecule has 0 spiro atoms. The lowest BCUT2D eigenvalue weighted by atomic mass is 9.82. The number of nitrogens with one attached hydrogen (secondary N) is 1. The molecule has 1 aliphatic heterocycles. The molecule has 4 nitrogen and oxygen atoms in total. The minimum Gasteiger partial charge on any atom is -0.338 e. The number of hydrogen-bond acceptors (Lipinski definition) is 4. The highest BCUT2D eigenvalue weighted by molar-refractivity contribution is 9.10. The summed E-state index contributed by atoms with van der Waals surface area (Å²) in [6.45, 7) is 4.15. The van der Waals surface area contributed by atoms with Crippen LogP contribution in [0.15, 0.2) is 33.3 Å². The van der Waals surface area contributed by atoms with Gasteiger partial charge in [-0.3, -0.25) is 0 Å². The van der Waals surface area contributed by atoms with E-state index in [0.717, 1.165) is 48.3 Å². The van der Waals surface area contributed by atoms with E-state index < -0.39 is 0 Å². The van der Waals surface area contributed by atoms with Crippen molar-refractivity contribution in [1.82, 2.24) is 15.5 Å². The first kappa shape index (κ1) is 13.8. The molecule has 0 amide bonds. The fourth-order valence-electron chi connectivity index (χ4n) is 2.91. The van der Waals surface area contributed by atoms with Crippen LogP contribution in [0.4, 0.5) is 0 Å². The van der Waals surface area contributed by atoms with E-state index in [1.807, 2.05) is 24.3 Å². The summed E-state index contributed by atoms with van der Waals surface area (Å²) in [7, 11) is 0. The van der Waals surface area contributed by atoms with Crippen LogP contribution in [-0.2, 0) is 5.41 Å². The van der Waals surface area contributed by atoms with Gasteiger partial charge in [0.15, 0.2) is 0 Å². The van der Waals surface area contributed by atoms with Crippen molar-refractivity contribution in [2.75, 3.05) is 13.1 Å². The monoisotopic (exact) mass is 335 g/mol. The normalized spacial score (nSPS) is 22.3. The second-order valence-corrected chi connectivity index (χ2v) is 6.31. The summed E-state index contributed by atoms with van der Waals surface area (Å²) < 4.78 is 6.60. The second kappa shape index (κ2) is 5.66. The fraction of sp³-hybridized carbons (Fsp3) is 0.467. The van der Waals surface area contributed by atoms with Gasteiger partial charge in [0.25, 0.3) is 0 Å². The quantitative estimate of drug-likeness (QED) is 0.928. The molecule has 1 unspecified atom stereocenters. The number of benzene rings is 1. The van der Waals surface area contributed by atoms with Crippen molar-refractivity contribution in [3.05, 3.63) is 34.6 Å². The number of hydrogen-bond donors (Lipinski definition) is 1. The van der Waals surface area contributed by atoms with Crippen LogP contribution in [0.25, 0.3) is 11.4 Å². The minimum absolute atomic E-state index is 0.0199. The molecule has 2 heterocycles. The first-order chi connectivity index (χ1) is 9.73. The first-order valence-electron chi connectivity index (χ1n) is 7.04. The Hall–Kier alpha value is -1.20. The van der Waals surface area contributed by atoms with E-state index in [4.69, 9.17) is 4.52 Å². The van der Waals surface area contributed by atoms with E-state index in [2.05, 4.69) is 38.3 Å². The molecule has 20 heavy (non-hydrogen) atoms. The zero-order chi connectivity index (χ0) is 14.0. The van der Waals surface area contributed by atoms with E-state index in [0.29, 0.717) is 5.82 Å². The molecule has 1 atom stereocenters. The third-order valence-electron chi connectivity index (χ3n) is 3.93. The van der Waals surface area contributed by atoms with Crippen molar-refractivity contribution < 1.29 is 4.52 Å². The van der Waals surface area contributed by atoms with Gasteiger partial charge in [0.05, 0.1) is 5.41 Å². The second-order valence-electron chi connectivity index (χ2n) is 5.39. The molecular weight excluding hydrogens is 318 g/mol. The Morgan fingerprint density at radius 3 is 3.05 bits per heavy atom. The molecule has 1 fully saturated rings. The van der Waals surface area contributed by atoms with Crippen LogP contribution in [0, 0.1) is 0 Å². The molecule has 106 valence electrons. The van der Waals surface area contributed by atoms with Gasteiger partial charge in [-0.2, -0.15) is 4.98 Å². The number of aromatic nitrogens is 2. The zero-order valence-corrected chi connectivity index (χ0v) is 13.1. The van der Waals surface area contributed by atoms with Gasteiger partial charge in [-0.05, 0) is 31.5 Å². The van der Waals surface area contributed by atoms with E-state index >= 15 is 0 Å². The summed E-state index contributed by atoms with van der Waals surface area (Å²) in [4.78, 5) is 4.66. The van der Waals surface area contributed by atoms with Gasteiger partial charge in [-0.1, -0.05) is 46.6 Å². The summed E-state index contributed by atoms with van der Waals surface area (Å²) in [5.41, 5.74) is 0.999. The Balaban J connectivity index is 1.93. The maximum absolute atomic E-state index is 5.58. The van der Waals surface area contributed by atoms with Gasteiger partial charge in [-0.25, -0.2) is 0 Å². The molecule has 1 N–H and O–H groups in total. The van der Waals surface area contributed by atoms with Crippen molar-refractivity contribution >= 4 is 15.9 Å². The van der Waals surface area contributed by atoms with Crippen LogP contribution in [0.2, 0.25) is 0 Å². The molecule has 0 aliphatic carbocycles. The van der Waals surface area contributed by atoms with Gasteiger partial charge >= 0.3 is 0 Å². The molecule has 0 bridgehead atoms. The van der Waals surface area contributed by atoms with E-state index in [1.54, 1.807) is 0 Å². The molecule has 1 aromatic carbocycles. The average Bonchev–Trinajstić information content (AvgIpc) is 3.08. The summed E-state index contributed by atoms with van der Waals surface area (Å²) in [5, 5.41) is 7.58. The SMILES string of the molecule is CCCC1(c2nc(-c3cccc(Br)c3)no2)CCNC1. The average molecular weight is 336 g/mol. The van der Waals surface area contributed by atoms with Gasteiger partial charge in [0.2, 0.25) is 11.7 Å². The predicted molar refractivity (Wildman–Crippen MR) is 81.5 cm³/mol. The van der Waals surface area contributed by atoms with Gasteiger partial charge in [0, 0.05) is 16.6 Å². The highest BCUT2D eigenvalue weighted by Crippen LogP contribution is 2.35. The smallest absolute Gasteiger partial charge is 0.234 e. The van der Waals surface area contributed by atoms with Gasteiger partial charge in [-0.15, -0.1) is 0 Å². The van der Waals surface area contributed by atoms with Crippen molar-refractivity contribution in [2.45, 2.75) is 31.6 Å².